The lowest BCUT2D eigenvalue weighted by Gasteiger charge is -2.33. The largest absolute Gasteiger partial charge is 0.381 e. The van der Waals surface area contributed by atoms with Crippen molar-refractivity contribution in [3.05, 3.63) is 17.0 Å². The number of hydrogen-bond acceptors (Lipinski definition) is 5. The lowest BCUT2D eigenvalue weighted by molar-refractivity contribution is 0.0573. The number of hydrogen-bond donors (Lipinski definition) is 0. The van der Waals surface area contributed by atoms with E-state index in [0.29, 0.717) is 24.0 Å². The highest BCUT2D eigenvalue weighted by Crippen LogP contribution is 2.28. The fraction of sp³-hybridized carbons (Fsp3) is 0.733. The summed E-state index contributed by atoms with van der Waals surface area (Å²) in [4.78, 5) is 3.13. The highest BCUT2D eigenvalue weighted by molar-refractivity contribution is 7.91. The third-order valence-electron chi connectivity index (χ3n) is 3.91. The molecule has 0 saturated carbocycles. The number of rotatable bonds is 7. The van der Waals surface area contributed by atoms with Gasteiger partial charge in [-0.1, -0.05) is 6.92 Å². The predicted molar refractivity (Wildman–Crippen MR) is 90.0 cm³/mol. The molecular formula is C15H26N2O3S2. The summed E-state index contributed by atoms with van der Waals surface area (Å²) in [5.41, 5.74) is 0. The lowest BCUT2D eigenvalue weighted by Crippen LogP contribution is -2.45. The van der Waals surface area contributed by atoms with Gasteiger partial charge in [0.25, 0.3) is 10.0 Å². The standard InChI is InChI=1S/C15H26N2O3S2/c1-4-14-5-6-15(21-14)22(18,19)17(10-9-16(2)3)13-7-11-20-12-8-13/h5-6,13H,4,7-12H2,1-3H3. The van der Waals surface area contributed by atoms with Crippen molar-refractivity contribution in [1.82, 2.24) is 9.21 Å². The summed E-state index contributed by atoms with van der Waals surface area (Å²) in [6.07, 6.45) is 2.42. The number of likely N-dealkylation sites (N-methyl/N-ethyl adjacent to an activating group) is 1. The Morgan fingerprint density at radius 3 is 2.45 bits per heavy atom. The van der Waals surface area contributed by atoms with Gasteiger partial charge in [-0.05, 0) is 45.5 Å². The Hall–Kier alpha value is -0.470. The fourth-order valence-corrected chi connectivity index (χ4v) is 5.67. The van der Waals surface area contributed by atoms with Crippen LogP contribution in [0.3, 0.4) is 0 Å². The average molecular weight is 347 g/mol. The number of thiophene rings is 1. The molecule has 2 heterocycles. The molecule has 0 spiro atoms. The third-order valence-corrected chi connectivity index (χ3v) is 7.56. The van der Waals surface area contributed by atoms with E-state index in [1.54, 1.807) is 10.4 Å². The van der Waals surface area contributed by atoms with E-state index < -0.39 is 10.0 Å². The number of sulfonamides is 1. The zero-order valence-electron chi connectivity index (χ0n) is 13.6. The molecule has 7 heteroatoms. The molecule has 0 aromatic carbocycles. The van der Waals surface area contributed by atoms with E-state index in [1.807, 2.05) is 32.0 Å². The highest BCUT2D eigenvalue weighted by Gasteiger charge is 2.33. The smallest absolute Gasteiger partial charge is 0.252 e. The molecule has 0 aliphatic carbocycles. The van der Waals surface area contributed by atoms with E-state index in [-0.39, 0.29) is 6.04 Å². The van der Waals surface area contributed by atoms with Crippen LogP contribution in [0.1, 0.15) is 24.6 Å². The molecule has 22 heavy (non-hydrogen) atoms. The number of nitrogens with zero attached hydrogens (tertiary/aromatic N) is 2. The molecule has 1 aromatic rings. The highest BCUT2D eigenvalue weighted by atomic mass is 32.2. The SMILES string of the molecule is CCc1ccc(S(=O)(=O)N(CCN(C)C)C2CCOCC2)s1. The maximum absolute atomic E-state index is 13.1. The van der Waals surface area contributed by atoms with Gasteiger partial charge < -0.3 is 9.64 Å². The molecule has 0 bridgehead atoms. The molecule has 0 amide bonds. The van der Waals surface area contributed by atoms with Gasteiger partial charge in [0.1, 0.15) is 4.21 Å². The van der Waals surface area contributed by atoms with Gasteiger partial charge in [-0.3, -0.25) is 0 Å². The Morgan fingerprint density at radius 1 is 1.23 bits per heavy atom. The molecule has 0 N–H and O–H groups in total. The van der Waals surface area contributed by atoms with Crippen LogP contribution < -0.4 is 0 Å². The van der Waals surface area contributed by atoms with Gasteiger partial charge in [0.2, 0.25) is 0 Å². The van der Waals surface area contributed by atoms with Gasteiger partial charge in [0, 0.05) is 37.2 Å². The maximum Gasteiger partial charge on any atom is 0.252 e. The summed E-state index contributed by atoms with van der Waals surface area (Å²) in [6, 6.07) is 3.72. The molecule has 5 nitrogen and oxygen atoms in total. The van der Waals surface area contributed by atoms with Crippen LogP contribution in [-0.2, 0) is 21.2 Å². The van der Waals surface area contributed by atoms with Crippen LogP contribution in [0.15, 0.2) is 16.3 Å². The molecule has 1 aliphatic rings. The summed E-state index contributed by atoms with van der Waals surface area (Å²) in [5.74, 6) is 0. The Balaban J connectivity index is 2.24. The van der Waals surface area contributed by atoms with Gasteiger partial charge in [-0.25, -0.2) is 8.42 Å². The van der Waals surface area contributed by atoms with Gasteiger partial charge in [-0.2, -0.15) is 4.31 Å². The number of aryl methyl sites for hydroxylation is 1. The summed E-state index contributed by atoms with van der Waals surface area (Å²) in [7, 11) is 0.519. The van der Waals surface area contributed by atoms with E-state index in [4.69, 9.17) is 4.74 Å². The van der Waals surface area contributed by atoms with E-state index in [2.05, 4.69) is 0 Å². The molecule has 1 saturated heterocycles. The van der Waals surface area contributed by atoms with E-state index in [1.165, 1.54) is 11.3 Å². The minimum atomic E-state index is -3.42. The van der Waals surface area contributed by atoms with E-state index >= 15 is 0 Å². The van der Waals surface area contributed by atoms with Crippen molar-refractivity contribution in [2.75, 3.05) is 40.4 Å². The van der Waals surface area contributed by atoms with Crippen molar-refractivity contribution < 1.29 is 13.2 Å². The minimum absolute atomic E-state index is 0.0471. The molecule has 1 aliphatic heterocycles. The van der Waals surface area contributed by atoms with Crippen molar-refractivity contribution in [2.24, 2.45) is 0 Å². The second-order valence-electron chi connectivity index (χ2n) is 5.84. The molecule has 2 rings (SSSR count). The lowest BCUT2D eigenvalue weighted by atomic mass is 10.1. The van der Waals surface area contributed by atoms with Crippen LogP contribution in [0.5, 0.6) is 0 Å². The first-order chi connectivity index (χ1) is 10.4. The van der Waals surface area contributed by atoms with E-state index in [9.17, 15) is 8.42 Å². The fourth-order valence-electron chi connectivity index (χ4n) is 2.57. The summed E-state index contributed by atoms with van der Waals surface area (Å²) >= 11 is 1.39. The van der Waals surface area contributed by atoms with Gasteiger partial charge >= 0.3 is 0 Å². The predicted octanol–water partition coefficient (Wildman–Crippen LogP) is 2.04. The van der Waals surface area contributed by atoms with Gasteiger partial charge in [0.05, 0.1) is 0 Å². The Kier molecular flexibility index (Phi) is 6.40. The molecule has 1 aromatic heterocycles. The second-order valence-corrected chi connectivity index (χ2v) is 9.12. The van der Waals surface area contributed by atoms with Crippen molar-refractivity contribution >= 4 is 21.4 Å². The third kappa shape index (κ3) is 4.29. The Bertz CT molecular complexity index is 563. The molecular weight excluding hydrogens is 320 g/mol. The summed E-state index contributed by atoms with van der Waals surface area (Å²) in [5, 5.41) is 0. The Labute approximate surface area is 137 Å². The van der Waals surface area contributed by atoms with Crippen molar-refractivity contribution in [3.63, 3.8) is 0 Å². The van der Waals surface area contributed by atoms with Gasteiger partial charge in [-0.15, -0.1) is 11.3 Å². The van der Waals surface area contributed by atoms with Crippen LogP contribution in [-0.4, -0.2) is 64.1 Å². The second kappa shape index (κ2) is 7.88. The molecule has 0 radical (unpaired) electrons. The molecule has 0 atom stereocenters. The van der Waals surface area contributed by atoms with Crippen LogP contribution in [0, 0.1) is 0 Å². The zero-order chi connectivity index (χ0) is 16.2. The topological polar surface area (TPSA) is 49.9 Å². The van der Waals surface area contributed by atoms with Crippen LogP contribution in [0.2, 0.25) is 0 Å². The minimum Gasteiger partial charge on any atom is -0.381 e. The number of ether oxygens (including phenoxy) is 1. The maximum atomic E-state index is 13.1. The van der Waals surface area contributed by atoms with Gasteiger partial charge in [0.15, 0.2) is 0 Å². The van der Waals surface area contributed by atoms with Crippen LogP contribution in [0.4, 0.5) is 0 Å². The van der Waals surface area contributed by atoms with Crippen LogP contribution in [0.25, 0.3) is 0 Å². The van der Waals surface area contributed by atoms with Crippen molar-refractivity contribution in [1.29, 1.82) is 0 Å². The normalized spacial score (nSPS) is 17.5. The first-order valence-electron chi connectivity index (χ1n) is 7.78. The summed E-state index contributed by atoms with van der Waals surface area (Å²) in [6.45, 7) is 4.58. The first kappa shape index (κ1) is 17.9. The van der Waals surface area contributed by atoms with E-state index in [0.717, 1.165) is 30.7 Å². The van der Waals surface area contributed by atoms with Crippen molar-refractivity contribution in [2.45, 2.75) is 36.4 Å². The first-order valence-corrected chi connectivity index (χ1v) is 10.0. The quantitative estimate of drug-likeness (QED) is 0.758. The summed E-state index contributed by atoms with van der Waals surface area (Å²) < 4.78 is 33.6. The zero-order valence-corrected chi connectivity index (χ0v) is 15.3. The van der Waals surface area contributed by atoms with Crippen molar-refractivity contribution in [3.8, 4) is 0 Å². The monoisotopic (exact) mass is 346 g/mol. The molecule has 1 fully saturated rings. The Morgan fingerprint density at radius 2 is 1.91 bits per heavy atom. The average Bonchev–Trinajstić information content (AvgIpc) is 2.98. The van der Waals surface area contributed by atoms with Crippen LogP contribution >= 0.6 is 11.3 Å². The molecule has 126 valence electrons. The molecule has 0 unspecified atom stereocenters.